The van der Waals surface area contributed by atoms with E-state index in [1.54, 1.807) is 23.1 Å². The zero-order valence-electron chi connectivity index (χ0n) is 15.4. The molecule has 1 aromatic heterocycles. The van der Waals surface area contributed by atoms with Crippen molar-refractivity contribution in [2.75, 3.05) is 19.6 Å². The van der Waals surface area contributed by atoms with E-state index in [0.29, 0.717) is 13.1 Å². The molecule has 2 N–H and O–H groups in total. The molecule has 2 heterocycles. The Morgan fingerprint density at radius 1 is 1.26 bits per heavy atom. The van der Waals surface area contributed by atoms with Gasteiger partial charge < -0.3 is 4.90 Å². The third-order valence-electron chi connectivity index (χ3n) is 4.78. The summed E-state index contributed by atoms with van der Waals surface area (Å²) in [5, 5.41) is 7.21. The molecule has 0 spiro atoms. The number of hydrogen-bond acceptors (Lipinski definition) is 5. The molecule has 0 aliphatic carbocycles. The van der Waals surface area contributed by atoms with Crippen LogP contribution in [0.1, 0.15) is 43.8 Å². The summed E-state index contributed by atoms with van der Waals surface area (Å²) in [7, 11) is -3.57. The van der Waals surface area contributed by atoms with Crippen LogP contribution in [0.15, 0.2) is 35.2 Å². The van der Waals surface area contributed by atoms with Gasteiger partial charge >= 0.3 is 0 Å². The first-order valence-corrected chi connectivity index (χ1v) is 10.7. The maximum atomic E-state index is 12.4. The van der Waals surface area contributed by atoms with Gasteiger partial charge in [0.15, 0.2) is 5.82 Å². The highest BCUT2D eigenvalue weighted by molar-refractivity contribution is 7.89. The number of aromatic nitrogens is 3. The Labute approximate surface area is 159 Å². The van der Waals surface area contributed by atoms with E-state index in [-0.39, 0.29) is 29.7 Å². The van der Waals surface area contributed by atoms with Gasteiger partial charge in [0, 0.05) is 38.4 Å². The molecule has 2 aromatic rings. The van der Waals surface area contributed by atoms with Crippen molar-refractivity contribution in [3.63, 3.8) is 0 Å². The SMILES string of the molecule is CCc1nc(C2CCN(C(=O)CCNS(=O)(=O)c3ccccc3)CC2)n[nH]1. The van der Waals surface area contributed by atoms with Gasteiger partial charge in [0.2, 0.25) is 15.9 Å². The largest absolute Gasteiger partial charge is 0.343 e. The molecular weight excluding hydrogens is 366 g/mol. The number of hydrogen-bond donors (Lipinski definition) is 2. The maximum Gasteiger partial charge on any atom is 0.240 e. The molecule has 0 unspecified atom stereocenters. The number of H-pyrrole nitrogens is 1. The zero-order chi connectivity index (χ0) is 19.3. The minimum atomic E-state index is -3.57. The van der Waals surface area contributed by atoms with Crippen molar-refractivity contribution in [2.24, 2.45) is 0 Å². The molecule has 0 atom stereocenters. The lowest BCUT2D eigenvalue weighted by molar-refractivity contribution is -0.132. The summed E-state index contributed by atoms with van der Waals surface area (Å²) in [6, 6.07) is 8.15. The Balaban J connectivity index is 1.44. The van der Waals surface area contributed by atoms with Crippen LogP contribution in [-0.4, -0.2) is 54.0 Å². The number of aromatic amines is 1. The van der Waals surface area contributed by atoms with Gasteiger partial charge in [0.25, 0.3) is 0 Å². The first-order chi connectivity index (χ1) is 13.0. The molecule has 9 heteroatoms. The van der Waals surface area contributed by atoms with Gasteiger partial charge in [-0.3, -0.25) is 9.89 Å². The van der Waals surface area contributed by atoms with Crippen molar-refractivity contribution >= 4 is 15.9 Å². The molecular formula is C18H25N5O3S. The predicted molar refractivity (Wildman–Crippen MR) is 101 cm³/mol. The molecule has 8 nitrogen and oxygen atoms in total. The summed E-state index contributed by atoms with van der Waals surface area (Å²) in [5.74, 6) is 1.94. The van der Waals surface area contributed by atoms with Crippen molar-refractivity contribution in [1.29, 1.82) is 0 Å². The number of aryl methyl sites for hydroxylation is 1. The maximum absolute atomic E-state index is 12.4. The molecule has 1 fully saturated rings. The molecule has 3 rings (SSSR count). The lowest BCUT2D eigenvalue weighted by Crippen LogP contribution is -2.39. The monoisotopic (exact) mass is 391 g/mol. The topological polar surface area (TPSA) is 108 Å². The van der Waals surface area contributed by atoms with Gasteiger partial charge in [-0.15, -0.1) is 0 Å². The van der Waals surface area contributed by atoms with Crippen molar-refractivity contribution < 1.29 is 13.2 Å². The van der Waals surface area contributed by atoms with E-state index in [0.717, 1.165) is 30.9 Å². The number of likely N-dealkylation sites (tertiary alicyclic amines) is 1. The number of nitrogens with zero attached hydrogens (tertiary/aromatic N) is 3. The minimum absolute atomic E-state index is 0.0338. The van der Waals surface area contributed by atoms with Crippen molar-refractivity contribution in [3.05, 3.63) is 42.0 Å². The highest BCUT2D eigenvalue weighted by Crippen LogP contribution is 2.25. The smallest absolute Gasteiger partial charge is 0.240 e. The summed E-state index contributed by atoms with van der Waals surface area (Å²) < 4.78 is 26.8. The van der Waals surface area contributed by atoms with E-state index in [1.165, 1.54) is 12.1 Å². The Morgan fingerprint density at radius 3 is 2.59 bits per heavy atom. The molecule has 1 amide bonds. The van der Waals surface area contributed by atoms with E-state index >= 15 is 0 Å². The van der Waals surface area contributed by atoms with E-state index in [4.69, 9.17) is 0 Å². The van der Waals surface area contributed by atoms with Crippen LogP contribution < -0.4 is 4.72 Å². The summed E-state index contributed by atoms with van der Waals surface area (Å²) in [4.78, 5) is 18.8. The number of rotatable bonds is 7. The lowest BCUT2D eigenvalue weighted by atomic mass is 9.96. The van der Waals surface area contributed by atoms with Crippen LogP contribution in [0.5, 0.6) is 0 Å². The molecule has 27 heavy (non-hydrogen) atoms. The average Bonchev–Trinajstić information content (AvgIpc) is 3.18. The zero-order valence-corrected chi connectivity index (χ0v) is 16.2. The van der Waals surface area contributed by atoms with Crippen LogP contribution in [-0.2, 0) is 21.2 Å². The second kappa shape index (κ2) is 8.62. The Kier molecular flexibility index (Phi) is 6.22. The fraction of sp³-hybridized carbons (Fsp3) is 0.500. The van der Waals surface area contributed by atoms with Crippen LogP contribution in [0.25, 0.3) is 0 Å². The van der Waals surface area contributed by atoms with Crippen molar-refractivity contribution in [2.45, 2.75) is 43.4 Å². The van der Waals surface area contributed by atoms with Gasteiger partial charge in [-0.05, 0) is 25.0 Å². The Hall–Kier alpha value is -2.26. The third kappa shape index (κ3) is 4.92. The number of nitrogens with one attached hydrogen (secondary N) is 2. The molecule has 1 aromatic carbocycles. The normalized spacial score (nSPS) is 15.8. The van der Waals surface area contributed by atoms with Crippen LogP contribution in [0.3, 0.4) is 0 Å². The fourth-order valence-corrected chi connectivity index (χ4v) is 4.22. The van der Waals surface area contributed by atoms with E-state index in [1.807, 2.05) is 6.92 Å². The van der Waals surface area contributed by atoms with Crippen LogP contribution >= 0.6 is 0 Å². The van der Waals surface area contributed by atoms with Crippen LogP contribution in [0, 0.1) is 0 Å². The van der Waals surface area contributed by atoms with Crippen LogP contribution in [0.2, 0.25) is 0 Å². The number of benzene rings is 1. The van der Waals surface area contributed by atoms with E-state index < -0.39 is 10.0 Å². The van der Waals surface area contributed by atoms with Crippen molar-refractivity contribution in [1.82, 2.24) is 24.8 Å². The number of sulfonamides is 1. The van der Waals surface area contributed by atoms with Gasteiger partial charge in [0.1, 0.15) is 5.82 Å². The van der Waals surface area contributed by atoms with Crippen LogP contribution in [0.4, 0.5) is 0 Å². The van der Waals surface area contributed by atoms with Gasteiger partial charge in [-0.1, -0.05) is 25.1 Å². The second-order valence-corrected chi connectivity index (χ2v) is 8.38. The van der Waals surface area contributed by atoms with Gasteiger partial charge in [-0.2, -0.15) is 5.10 Å². The van der Waals surface area contributed by atoms with Crippen molar-refractivity contribution in [3.8, 4) is 0 Å². The molecule has 0 bridgehead atoms. The van der Waals surface area contributed by atoms with Gasteiger partial charge in [0.05, 0.1) is 4.90 Å². The van der Waals surface area contributed by atoms with Gasteiger partial charge in [-0.25, -0.2) is 18.1 Å². The molecule has 146 valence electrons. The lowest BCUT2D eigenvalue weighted by Gasteiger charge is -2.30. The number of amides is 1. The quantitative estimate of drug-likeness (QED) is 0.742. The Morgan fingerprint density at radius 2 is 1.96 bits per heavy atom. The Bertz CT molecular complexity index is 858. The summed E-state index contributed by atoms with van der Waals surface area (Å²) in [5.41, 5.74) is 0. The highest BCUT2D eigenvalue weighted by atomic mass is 32.2. The van der Waals surface area contributed by atoms with E-state index in [9.17, 15) is 13.2 Å². The predicted octanol–water partition coefficient (Wildman–Crippen LogP) is 1.44. The molecule has 1 aliphatic heterocycles. The standard InChI is InChI=1S/C18H25N5O3S/c1-2-16-20-18(22-21-16)14-9-12-23(13-10-14)17(24)8-11-19-27(25,26)15-6-4-3-5-7-15/h3-7,14,19H,2,8-13H2,1H3,(H,20,21,22). The third-order valence-corrected chi connectivity index (χ3v) is 6.26. The molecule has 1 aliphatic rings. The fourth-order valence-electron chi connectivity index (χ4n) is 3.17. The first-order valence-electron chi connectivity index (χ1n) is 9.23. The molecule has 0 radical (unpaired) electrons. The molecule has 0 saturated carbocycles. The summed E-state index contributed by atoms with van der Waals surface area (Å²) in [6.45, 7) is 3.41. The number of carbonyl (C=O) groups excluding carboxylic acids is 1. The number of piperidine rings is 1. The number of carbonyl (C=O) groups is 1. The minimum Gasteiger partial charge on any atom is -0.343 e. The summed E-state index contributed by atoms with van der Waals surface area (Å²) >= 11 is 0. The average molecular weight is 391 g/mol. The molecule has 1 saturated heterocycles. The first kappa shape index (κ1) is 19.5. The van der Waals surface area contributed by atoms with E-state index in [2.05, 4.69) is 19.9 Å². The highest BCUT2D eigenvalue weighted by Gasteiger charge is 2.26. The summed E-state index contributed by atoms with van der Waals surface area (Å²) in [6.07, 6.45) is 2.62. The second-order valence-electron chi connectivity index (χ2n) is 6.61.